The van der Waals surface area contributed by atoms with Crippen molar-refractivity contribution in [2.45, 2.75) is 13.3 Å². The molecule has 4 heteroatoms. The van der Waals surface area contributed by atoms with Gasteiger partial charge in [0.15, 0.2) is 0 Å². The average Bonchev–Trinajstić information content (AvgIpc) is 2.10. The van der Waals surface area contributed by atoms with Crippen molar-refractivity contribution in [3.8, 4) is 6.07 Å². The van der Waals surface area contributed by atoms with Gasteiger partial charge in [0, 0.05) is 3.57 Å². The SMILES string of the molecule is Cc1c(CC(=O)O)ccc(I)c1C#N. The Hall–Kier alpha value is -1.09. The van der Waals surface area contributed by atoms with E-state index >= 15 is 0 Å². The zero-order valence-electron chi connectivity index (χ0n) is 7.54. The molecule has 1 rings (SSSR count). The number of carboxylic acids is 1. The number of halogens is 1. The molecule has 0 saturated carbocycles. The second-order valence-corrected chi connectivity index (χ2v) is 4.05. The first-order valence-corrected chi connectivity index (χ1v) is 5.04. The molecule has 0 unspecified atom stereocenters. The second-order valence-electron chi connectivity index (χ2n) is 2.89. The minimum absolute atomic E-state index is 0.0303. The molecule has 0 aliphatic rings. The Bertz CT molecular complexity index is 421. The summed E-state index contributed by atoms with van der Waals surface area (Å²) in [5.74, 6) is -0.877. The fourth-order valence-corrected chi connectivity index (χ4v) is 1.92. The van der Waals surface area contributed by atoms with Gasteiger partial charge in [-0.2, -0.15) is 5.26 Å². The summed E-state index contributed by atoms with van der Waals surface area (Å²) in [4.78, 5) is 10.5. The molecule has 14 heavy (non-hydrogen) atoms. The normalized spacial score (nSPS) is 9.50. The quantitative estimate of drug-likeness (QED) is 0.851. The second kappa shape index (κ2) is 4.42. The summed E-state index contributed by atoms with van der Waals surface area (Å²) in [7, 11) is 0. The summed E-state index contributed by atoms with van der Waals surface area (Å²) in [6.07, 6.45) is -0.0303. The highest BCUT2D eigenvalue weighted by molar-refractivity contribution is 14.1. The molecule has 0 saturated heterocycles. The highest BCUT2D eigenvalue weighted by Crippen LogP contribution is 2.19. The van der Waals surface area contributed by atoms with Crippen LogP contribution in [0.2, 0.25) is 0 Å². The molecule has 0 fully saturated rings. The van der Waals surface area contributed by atoms with E-state index in [0.29, 0.717) is 11.1 Å². The van der Waals surface area contributed by atoms with Crippen LogP contribution in [0.3, 0.4) is 0 Å². The van der Waals surface area contributed by atoms with Gasteiger partial charge >= 0.3 is 5.97 Å². The maximum Gasteiger partial charge on any atom is 0.307 e. The molecule has 0 aliphatic heterocycles. The highest BCUT2D eigenvalue weighted by Gasteiger charge is 2.09. The highest BCUT2D eigenvalue weighted by atomic mass is 127. The molecule has 0 atom stereocenters. The lowest BCUT2D eigenvalue weighted by atomic mass is 10.0. The van der Waals surface area contributed by atoms with Gasteiger partial charge < -0.3 is 5.11 Å². The third kappa shape index (κ3) is 2.23. The summed E-state index contributed by atoms with van der Waals surface area (Å²) in [5.41, 5.74) is 2.04. The van der Waals surface area contributed by atoms with Crippen LogP contribution in [0.4, 0.5) is 0 Å². The van der Waals surface area contributed by atoms with E-state index in [1.807, 2.05) is 0 Å². The summed E-state index contributed by atoms with van der Waals surface area (Å²) >= 11 is 2.07. The first-order valence-electron chi connectivity index (χ1n) is 3.96. The van der Waals surface area contributed by atoms with Crippen molar-refractivity contribution in [2.24, 2.45) is 0 Å². The van der Waals surface area contributed by atoms with Crippen molar-refractivity contribution < 1.29 is 9.90 Å². The number of carboxylic acid groups (broad SMARTS) is 1. The van der Waals surface area contributed by atoms with Crippen LogP contribution >= 0.6 is 22.6 Å². The number of benzene rings is 1. The van der Waals surface area contributed by atoms with E-state index in [0.717, 1.165) is 9.13 Å². The van der Waals surface area contributed by atoms with E-state index in [1.54, 1.807) is 19.1 Å². The standard InChI is InChI=1S/C10H8INO2/c1-6-7(4-10(13)14)2-3-9(11)8(6)5-12/h2-3H,4H2,1H3,(H,13,14). The first-order chi connectivity index (χ1) is 6.56. The predicted molar refractivity (Wildman–Crippen MR) is 60.0 cm³/mol. The monoisotopic (exact) mass is 301 g/mol. The summed E-state index contributed by atoms with van der Waals surface area (Å²) in [5, 5.41) is 17.5. The number of hydrogen-bond donors (Lipinski definition) is 1. The molecule has 1 N–H and O–H groups in total. The van der Waals surface area contributed by atoms with E-state index in [4.69, 9.17) is 10.4 Å². The maximum absolute atomic E-state index is 10.5. The number of nitriles is 1. The minimum atomic E-state index is -0.877. The van der Waals surface area contributed by atoms with Crippen LogP contribution in [0.15, 0.2) is 12.1 Å². The van der Waals surface area contributed by atoms with Crippen LogP contribution < -0.4 is 0 Å². The average molecular weight is 301 g/mol. The van der Waals surface area contributed by atoms with Crippen LogP contribution in [0, 0.1) is 21.8 Å². The first kappa shape index (κ1) is 11.0. The Balaban J connectivity index is 3.23. The third-order valence-electron chi connectivity index (χ3n) is 1.98. The lowest BCUT2D eigenvalue weighted by molar-refractivity contribution is -0.136. The Morgan fingerprint density at radius 1 is 1.64 bits per heavy atom. The van der Waals surface area contributed by atoms with Crippen molar-refractivity contribution in [2.75, 3.05) is 0 Å². The van der Waals surface area contributed by atoms with Gasteiger partial charge in [-0.3, -0.25) is 4.79 Å². The van der Waals surface area contributed by atoms with Crippen LogP contribution in [0.1, 0.15) is 16.7 Å². The lowest BCUT2D eigenvalue weighted by Gasteiger charge is -2.06. The van der Waals surface area contributed by atoms with E-state index < -0.39 is 5.97 Å². The summed E-state index contributed by atoms with van der Waals surface area (Å²) in [6.45, 7) is 1.78. The van der Waals surface area contributed by atoms with Gasteiger partial charge in [0.1, 0.15) is 6.07 Å². The molecule has 0 bridgehead atoms. The molecule has 3 nitrogen and oxygen atoms in total. The smallest absolute Gasteiger partial charge is 0.307 e. The number of hydrogen-bond acceptors (Lipinski definition) is 2. The van der Waals surface area contributed by atoms with Crippen molar-refractivity contribution in [3.05, 3.63) is 32.4 Å². The van der Waals surface area contributed by atoms with Gasteiger partial charge in [-0.15, -0.1) is 0 Å². The van der Waals surface area contributed by atoms with E-state index in [1.165, 1.54) is 0 Å². The molecule has 0 aromatic heterocycles. The summed E-state index contributed by atoms with van der Waals surface area (Å²) < 4.78 is 0.858. The molecule has 0 spiro atoms. The summed E-state index contributed by atoms with van der Waals surface area (Å²) in [6, 6.07) is 5.60. The molecular formula is C10H8INO2. The predicted octanol–water partition coefficient (Wildman–Crippen LogP) is 2.10. The van der Waals surface area contributed by atoms with E-state index in [-0.39, 0.29) is 6.42 Å². The van der Waals surface area contributed by atoms with Gasteiger partial charge in [-0.05, 0) is 46.7 Å². The van der Waals surface area contributed by atoms with Crippen molar-refractivity contribution in [3.63, 3.8) is 0 Å². The number of rotatable bonds is 2. The Labute approximate surface area is 95.5 Å². The Kier molecular flexibility index (Phi) is 3.47. The molecule has 1 aromatic rings. The molecule has 0 amide bonds. The molecule has 0 radical (unpaired) electrons. The Morgan fingerprint density at radius 2 is 2.29 bits per heavy atom. The fourth-order valence-electron chi connectivity index (χ4n) is 1.21. The third-order valence-corrected chi connectivity index (χ3v) is 2.88. The molecule has 72 valence electrons. The largest absolute Gasteiger partial charge is 0.481 e. The van der Waals surface area contributed by atoms with Crippen molar-refractivity contribution >= 4 is 28.6 Å². The van der Waals surface area contributed by atoms with E-state index in [9.17, 15) is 4.79 Å². The molecule has 0 heterocycles. The number of aliphatic carboxylic acids is 1. The minimum Gasteiger partial charge on any atom is -0.481 e. The van der Waals surface area contributed by atoms with Gasteiger partial charge in [-0.1, -0.05) is 6.07 Å². The zero-order chi connectivity index (χ0) is 10.7. The number of nitrogens with zero attached hydrogens (tertiary/aromatic N) is 1. The van der Waals surface area contributed by atoms with Gasteiger partial charge in [-0.25, -0.2) is 0 Å². The van der Waals surface area contributed by atoms with Crippen LogP contribution in [0.25, 0.3) is 0 Å². The van der Waals surface area contributed by atoms with Gasteiger partial charge in [0.2, 0.25) is 0 Å². The van der Waals surface area contributed by atoms with Gasteiger partial charge in [0.05, 0.1) is 12.0 Å². The fraction of sp³-hybridized carbons (Fsp3) is 0.200. The maximum atomic E-state index is 10.5. The zero-order valence-corrected chi connectivity index (χ0v) is 9.70. The molecular weight excluding hydrogens is 293 g/mol. The topological polar surface area (TPSA) is 61.1 Å². The number of carbonyl (C=O) groups is 1. The van der Waals surface area contributed by atoms with Gasteiger partial charge in [0.25, 0.3) is 0 Å². The van der Waals surface area contributed by atoms with Crippen LogP contribution in [-0.4, -0.2) is 11.1 Å². The Morgan fingerprint density at radius 3 is 2.79 bits per heavy atom. The molecule has 0 aliphatic carbocycles. The van der Waals surface area contributed by atoms with Crippen LogP contribution in [-0.2, 0) is 11.2 Å². The lowest BCUT2D eigenvalue weighted by Crippen LogP contribution is -2.03. The van der Waals surface area contributed by atoms with Crippen LogP contribution in [0.5, 0.6) is 0 Å². The van der Waals surface area contributed by atoms with E-state index in [2.05, 4.69) is 28.7 Å². The van der Waals surface area contributed by atoms with Crippen molar-refractivity contribution in [1.29, 1.82) is 5.26 Å². The van der Waals surface area contributed by atoms with Crippen molar-refractivity contribution in [1.82, 2.24) is 0 Å². The molecule has 1 aromatic carbocycles.